The van der Waals surface area contributed by atoms with Gasteiger partial charge in [0, 0.05) is 18.9 Å². The van der Waals surface area contributed by atoms with Gasteiger partial charge in [-0.05, 0) is 30.4 Å². The van der Waals surface area contributed by atoms with Crippen molar-refractivity contribution in [1.82, 2.24) is 14.8 Å². The fourth-order valence-electron chi connectivity index (χ4n) is 4.41. The van der Waals surface area contributed by atoms with Gasteiger partial charge >= 0.3 is 0 Å². The minimum Gasteiger partial charge on any atom is -0.367 e. The van der Waals surface area contributed by atoms with E-state index in [0.717, 1.165) is 18.4 Å². The smallest absolute Gasteiger partial charge is 0.253 e. The molecule has 3 fully saturated rings. The molecule has 1 aromatic heterocycles. The summed E-state index contributed by atoms with van der Waals surface area (Å²) in [5, 5.41) is 0. The highest BCUT2D eigenvalue weighted by Crippen LogP contribution is 2.41. The number of Topliss-reactive ketones (excluding diaryl/α,β-unsaturated/α-hetero) is 1. The highest BCUT2D eigenvalue weighted by molar-refractivity contribution is 6.17. The molecule has 2 aliphatic heterocycles. The zero-order valence-corrected chi connectivity index (χ0v) is 15.5. The maximum absolute atomic E-state index is 12.9. The molecule has 3 aliphatic rings. The predicted molar refractivity (Wildman–Crippen MR) is 98.3 cm³/mol. The van der Waals surface area contributed by atoms with Gasteiger partial charge in [0.05, 0.1) is 25.4 Å². The number of primary amides is 1. The van der Waals surface area contributed by atoms with E-state index >= 15 is 0 Å². The zero-order chi connectivity index (χ0) is 19.9. The van der Waals surface area contributed by atoms with E-state index in [-0.39, 0.29) is 31.3 Å². The van der Waals surface area contributed by atoms with Crippen molar-refractivity contribution < 1.29 is 19.2 Å². The number of likely N-dealkylation sites (tertiary alicyclic amines) is 2. The van der Waals surface area contributed by atoms with Crippen molar-refractivity contribution >= 4 is 23.5 Å². The third-order valence-electron chi connectivity index (χ3n) is 6.01. The second-order valence-electron chi connectivity index (χ2n) is 7.79. The zero-order valence-electron chi connectivity index (χ0n) is 15.5. The lowest BCUT2D eigenvalue weighted by atomic mass is 9.88. The Balaban J connectivity index is 1.56. The Morgan fingerprint density at radius 2 is 2.07 bits per heavy atom. The molecule has 2 saturated heterocycles. The highest BCUT2D eigenvalue weighted by atomic mass is 16.2. The Kier molecular flexibility index (Phi) is 4.64. The molecule has 1 radical (unpaired) electrons. The van der Waals surface area contributed by atoms with E-state index in [0.29, 0.717) is 18.8 Å². The Morgan fingerprint density at radius 1 is 1.29 bits per heavy atom. The summed E-state index contributed by atoms with van der Waals surface area (Å²) in [6.07, 6.45) is 8.04. The summed E-state index contributed by atoms with van der Waals surface area (Å²) in [4.78, 5) is 57.7. The molecule has 1 aliphatic carbocycles. The summed E-state index contributed by atoms with van der Waals surface area (Å²) in [6.45, 7) is 0.0229. The number of rotatable bonds is 6. The summed E-state index contributed by atoms with van der Waals surface area (Å²) in [7, 11) is 0. The van der Waals surface area contributed by atoms with Gasteiger partial charge in [0.15, 0.2) is 5.78 Å². The molecular formula is C20H23N4O4. The van der Waals surface area contributed by atoms with Crippen molar-refractivity contribution in [3.63, 3.8) is 0 Å². The molecule has 3 amide bonds. The van der Waals surface area contributed by atoms with Crippen molar-refractivity contribution in [3.8, 4) is 0 Å². The standard InChI is InChI=1S/C20H23N4O4/c21-19(28)20-15(7-9-24(20)17(26)6-5-13-3-4-13)23(12-16(20)25)18(27)10-14-2-1-8-22-11-14/h1-2,6,8,11,13,15H,3-5,7,9-10,12H2,(H2,21,28). The van der Waals surface area contributed by atoms with Gasteiger partial charge in [0.25, 0.3) is 5.91 Å². The van der Waals surface area contributed by atoms with Crippen LogP contribution in [0.15, 0.2) is 24.5 Å². The molecule has 8 heteroatoms. The lowest BCUT2D eigenvalue weighted by Gasteiger charge is -2.34. The van der Waals surface area contributed by atoms with Crippen LogP contribution in [-0.2, 0) is 25.6 Å². The molecule has 147 valence electrons. The van der Waals surface area contributed by atoms with Crippen LogP contribution in [0, 0.1) is 12.3 Å². The molecule has 1 aromatic rings. The molecule has 0 spiro atoms. The number of nitrogens with two attached hydrogens (primary N) is 1. The van der Waals surface area contributed by atoms with E-state index in [1.807, 2.05) is 0 Å². The molecule has 0 bridgehead atoms. The van der Waals surface area contributed by atoms with Crippen LogP contribution in [0.25, 0.3) is 0 Å². The number of nitrogens with zero attached hydrogens (tertiary/aromatic N) is 3. The van der Waals surface area contributed by atoms with Crippen molar-refractivity contribution in [2.24, 2.45) is 11.7 Å². The van der Waals surface area contributed by atoms with Crippen molar-refractivity contribution in [2.45, 2.75) is 43.7 Å². The Hall–Kier alpha value is -2.77. The lowest BCUT2D eigenvalue weighted by Crippen LogP contribution is -2.64. The van der Waals surface area contributed by atoms with Gasteiger partial charge in [0.1, 0.15) is 0 Å². The second kappa shape index (κ2) is 7.00. The summed E-state index contributed by atoms with van der Waals surface area (Å²) in [6, 6.07) is 2.80. The monoisotopic (exact) mass is 383 g/mol. The van der Waals surface area contributed by atoms with Crippen LogP contribution >= 0.6 is 0 Å². The average Bonchev–Trinajstić information content (AvgIpc) is 3.33. The van der Waals surface area contributed by atoms with Gasteiger partial charge in [-0.2, -0.15) is 0 Å². The maximum Gasteiger partial charge on any atom is 0.253 e. The van der Waals surface area contributed by atoms with Crippen LogP contribution in [0.4, 0.5) is 0 Å². The SMILES string of the molecule is NC(=O)C12C(=O)CN(C(=O)Cc3cccnc3)C1CCN2C(=O)[CH]CC1CC1. The number of pyridine rings is 1. The third kappa shape index (κ3) is 2.96. The van der Waals surface area contributed by atoms with Crippen LogP contribution in [0.1, 0.15) is 31.2 Å². The number of hydrogen-bond donors (Lipinski definition) is 1. The molecule has 4 rings (SSSR count). The van der Waals surface area contributed by atoms with Crippen LogP contribution in [-0.4, -0.2) is 63.0 Å². The number of hydrogen-bond acceptors (Lipinski definition) is 5. The lowest BCUT2D eigenvalue weighted by molar-refractivity contribution is -0.148. The van der Waals surface area contributed by atoms with E-state index in [4.69, 9.17) is 5.73 Å². The molecule has 28 heavy (non-hydrogen) atoms. The van der Waals surface area contributed by atoms with Gasteiger partial charge in [-0.15, -0.1) is 0 Å². The van der Waals surface area contributed by atoms with Crippen molar-refractivity contribution in [1.29, 1.82) is 0 Å². The molecule has 2 N–H and O–H groups in total. The molecule has 0 aromatic carbocycles. The van der Waals surface area contributed by atoms with Crippen LogP contribution in [0.5, 0.6) is 0 Å². The van der Waals surface area contributed by atoms with Gasteiger partial charge in [-0.3, -0.25) is 24.2 Å². The summed E-state index contributed by atoms with van der Waals surface area (Å²) in [5.41, 5.74) is 4.63. The van der Waals surface area contributed by atoms with E-state index in [9.17, 15) is 19.2 Å². The third-order valence-corrected chi connectivity index (χ3v) is 6.01. The first kappa shape index (κ1) is 18.6. The van der Waals surface area contributed by atoms with Crippen LogP contribution in [0.2, 0.25) is 0 Å². The first-order valence-corrected chi connectivity index (χ1v) is 9.61. The first-order chi connectivity index (χ1) is 13.4. The van der Waals surface area contributed by atoms with Gasteiger partial charge in [0.2, 0.25) is 17.4 Å². The quantitative estimate of drug-likeness (QED) is 0.687. The van der Waals surface area contributed by atoms with E-state index in [1.165, 1.54) is 9.80 Å². The Labute approximate surface area is 163 Å². The molecule has 2 unspecified atom stereocenters. The number of amides is 3. The second-order valence-corrected chi connectivity index (χ2v) is 7.79. The number of carbonyl (C=O) groups is 4. The molecule has 2 atom stereocenters. The van der Waals surface area contributed by atoms with E-state index < -0.39 is 23.3 Å². The van der Waals surface area contributed by atoms with E-state index in [2.05, 4.69) is 4.98 Å². The van der Waals surface area contributed by atoms with Crippen molar-refractivity contribution in [2.75, 3.05) is 13.1 Å². The fraction of sp³-hybridized carbons (Fsp3) is 0.500. The number of fused-ring (bicyclic) bond motifs is 1. The van der Waals surface area contributed by atoms with E-state index in [1.54, 1.807) is 30.9 Å². The van der Waals surface area contributed by atoms with Gasteiger partial charge in [-0.1, -0.05) is 18.9 Å². The Bertz CT molecular complexity index is 823. The maximum atomic E-state index is 12.9. The summed E-state index contributed by atoms with van der Waals surface area (Å²) < 4.78 is 0. The molecular weight excluding hydrogens is 360 g/mol. The van der Waals surface area contributed by atoms with Crippen molar-refractivity contribution in [3.05, 3.63) is 36.5 Å². The highest BCUT2D eigenvalue weighted by Gasteiger charge is 2.66. The van der Waals surface area contributed by atoms with Gasteiger partial charge in [-0.25, -0.2) is 0 Å². The minimum absolute atomic E-state index is 0.0776. The summed E-state index contributed by atoms with van der Waals surface area (Å²) >= 11 is 0. The normalized spacial score (nSPS) is 26.4. The number of carbonyl (C=O) groups excluding carboxylic acids is 4. The molecule has 1 saturated carbocycles. The predicted octanol–water partition coefficient (Wildman–Crippen LogP) is -0.135. The topological polar surface area (TPSA) is 114 Å². The molecule has 8 nitrogen and oxygen atoms in total. The largest absolute Gasteiger partial charge is 0.367 e. The minimum atomic E-state index is -1.75. The number of ketones is 1. The Morgan fingerprint density at radius 3 is 2.71 bits per heavy atom. The van der Waals surface area contributed by atoms with Crippen LogP contribution < -0.4 is 5.73 Å². The molecule has 3 heterocycles. The van der Waals surface area contributed by atoms with Gasteiger partial charge < -0.3 is 15.5 Å². The van der Waals surface area contributed by atoms with Crippen LogP contribution in [0.3, 0.4) is 0 Å². The average molecular weight is 383 g/mol. The number of aromatic nitrogens is 1. The summed E-state index contributed by atoms with van der Waals surface area (Å²) in [5.74, 6) is -1.43. The fourth-order valence-corrected chi connectivity index (χ4v) is 4.41. The first-order valence-electron chi connectivity index (χ1n) is 9.61.